The van der Waals surface area contributed by atoms with Crippen LogP contribution in [-0.2, 0) is 11.2 Å². The number of fused-ring (bicyclic) bond motifs is 1. The van der Waals surface area contributed by atoms with Gasteiger partial charge in [-0.3, -0.25) is 10.1 Å². The van der Waals surface area contributed by atoms with Crippen molar-refractivity contribution in [2.24, 2.45) is 5.92 Å². The number of aryl methyl sites for hydroxylation is 1. The standard InChI is InChI=1S/C15H20FNO2/c1-9(2)7-14(15(18)19)17-13-6-3-10-8-11(16)4-5-12(10)13/h4-5,8-9,13-14,17H,3,6-7H2,1-2H3,(H,18,19). The fourth-order valence-electron chi connectivity index (χ4n) is 2.71. The highest BCUT2D eigenvalue weighted by atomic mass is 19.1. The molecule has 2 atom stereocenters. The Morgan fingerprint density at radius 1 is 1.53 bits per heavy atom. The number of carboxylic acids is 1. The van der Waals surface area contributed by atoms with E-state index in [-0.39, 0.29) is 11.9 Å². The van der Waals surface area contributed by atoms with Gasteiger partial charge in [0.25, 0.3) is 0 Å². The number of nitrogens with one attached hydrogen (secondary N) is 1. The molecule has 104 valence electrons. The van der Waals surface area contributed by atoms with Crippen molar-refractivity contribution < 1.29 is 14.3 Å². The van der Waals surface area contributed by atoms with Gasteiger partial charge < -0.3 is 5.11 Å². The molecule has 4 heteroatoms. The minimum Gasteiger partial charge on any atom is -0.480 e. The molecule has 2 N–H and O–H groups in total. The summed E-state index contributed by atoms with van der Waals surface area (Å²) in [6.45, 7) is 4.02. The van der Waals surface area contributed by atoms with E-state index in [9.17, 15) is 14.3 Å². The first-order chi connectivity index (χ1) is 8.97. The third-order valence-corrected chi connectivity index (χ3v) is 3.59. The van der Waals surface area contributed by atoms with E-state index < -0.39 is 12.0 Å². The third-order valence-electron chi connectivity index (χ3n) is 3.59. The summed E-state index contributed by atoms with van der Waals surface area (Å²) >= 11 is 0. The fourth-order valence-corrected chi connectivity index (χ4v) is 2.71. The van der Waals surface area contributed by atoms with E-state index in [0.29, 0.717) is 12.3 Å². The second kappa shape index (κ2) is 5.70. The van der Waals surface area contributed by atoms with Crippen LogP contribution in [0.25, 0.3) is 0 Å². The summed E-state index contributed by atoms with van der Waals surface area (Å²) in [5, 5.41) is 12.5. The highest BCUT2D eigenvalue weighted by Gasteiger charge is 2.28. The average molecular weight is 265 g/mol. The Kier molecular flexibility index (Phi) is 4.20. The summed E-state index contributed by atoms with van der Waals surface area (Å²) in [4.78, 5) is 11.3. The molecule has 1 aromatic carbocycles. The van der Waals surface area contributed by atoms with Gasteiger partial charge in [-0.1, -0.05) is 19.9 Å². The Bertz CT molecular complexity index is 473. The summed E-state index contributed by atoms with van der Waals surface area (Å²) in [5.41, 5.74) is 2.03. The van der Waals surface area contributed by atoms with Crippen LogP contribution < -0.4 is 5.32 Å². The zero-order chi connectivity index (χ0) is 14.0. The lowest BCUT2D eigenvalue weighted by Gasteiger charge is -2.22. The Balaban J connectivity index is 2.10. The van der Waals surface area contributed by atoms with Gasteiger partial charge in [0.1, 0.15) is 11.9 Å². The zero-order valence-corrected chi connectivity index (χ0v) is 11.3. The van der Waals surface area contributed by atoms with Crippen LogP contribution >= 0.6 is 0 Å². The van der Waals surface area contributed by atoms with Gasteiger partial charge in [0.05, 0.1) is 0 Å². The molecule has 0 aromatic heterocycles. The molecule has 1 aliphatic carbocycles. The van der Waals surface area contributed by atoms with Crippen molar-refractivity contribution in [1.29, 1.82) is 0 Å². The zero-order valence-electron chi connectivity index (χ0n) is 11.3. The number of carbonyl (C=O) groups is 1. The summed E-state index contributed by atoms with van der Waals surface area (Å²) in [6.07, 6.45) is 2.24. The largest absolute Gasteiger partial charge is 0.480 e. The number of hydrogen-bond donors (Lipinski definition) is 2. The number of rotatable bonds is 5. The molecule has 2 unspecified atom stereocenters. The van der Waals surface area contributed by atoms with Crippen molar-refractivity contribution in [3.8, 4) is 0 Å². The van der Waals surface area contributed by atoms with Crippen LogP contribution in [0.5, 0.6) is 0 Å². The SMILES string of the molecule is CC(C)CC(NC1CCc2cc(F)ccc21)C(=O)O. The van der Waals surface area contributed by atoms with Gasteiger partial charge in [-0.25, -0.2) is 4.39 Å². The van der Waals surface area contributed by atoms with E-state index >= 15 is 0 Å². The number of hydrogen-bond acceptors (Lipinski definition) is 2. The monoisotopic (exact) mass is 265 g/mol. The molecule has 2 rings (SSSR count). The first-order valence-electron chi connectivity index (χ1n) is 6.74. The van der Waals surface area contributed by atoms with Crippen molar-refractivity contribution in [2.45, 2.75) is 45.2 Å². The topological polar surface area (TPSA) is 49.3 Å². The van der Waals surface area contributed by atoms with Crippen LogP contribution in [-0.4, -0.2) is 17.1 Å². The van der Waals surface area contributed by atoms with Gasteiger partial charge in [-0.05, 0) is 48.4 Å². The van der Waals surface area contributed by atoms with Crippen LogP contribution in [0, 0.1) is 11.7 Å². The second-order valence-electron chi connectivity index (χ2n) is 5.62. The quantitative estimate of drug-likeness (QED) is 0.860. The summed E-state index contributed by atoms with van der Waals surface area (Å²) in [7, 11) is 0. The average Bonchev–Trinajstić information content (AvgIpc) is 2.70. The Morgan fingerprint density at radius 3 is 2.89 bits per heavy atom. The van der Waals surface area contributed by atoms with Crippen LogP contribution in [0.2, 0.25) is 0 Å². The summed E-state index contributed by atoms with van der Waals surface area (Å²) in [5.74, 6) is -0.719. The van der Waals surface area contributed by atoms with Gasteiger partial charge in [0.15, 0.2) is 0 Å². The Hall–Kier alpha value is -1.42. The van der Waals surface area contributed by atoms with E-state index in [1.807, 2.05) is 13.8 Å². The Labute approximate surface area is 112 Å². The normalized spacial score (nSPS) is 19.5. The van der Waals surface area contributed by atoms with Gasteiger partial charge in [0.2, 0.25) is 0 Å². The van der Waals surface area contributed by atoms with Crippen molar-refractivity contribution in [3.63, 3.8) is 0 Å². The van der Waals surface area contributed by atoms with Crippen LogP contribution in [0.15, 0.2) is 18.2 Å². The van der Waals surface area contributed by atoms with Crippen molar-refractivity contribution >= 4 is 5.97 Å². The van der Waals surface area contributed by atoms with E-state index in [2.05, 4.69) is 5.32 Å². The number of carboxylic acid groups (broad SMARTS) is 1. The van der Waals surface area contributed by atoms with Crippen molar-refractivity contribution in [2.75, 3.05) is 0 Å². The predicted octanol–water partition coefficient (Wildman–Crippen LogP) is 2.90. The molecule has 3 nitrogen and oxygen atoms in total. The maximum Gasteiger partial charge on any atom is 0.320 e. The molecule has 0 heterocycles. The molecule has 0 bridgehead atoms. The lowest BCUT2D eigenvalue weighted by atomic mass is 10.0. The lowest BCUT2D eigenvalue weighted by molar-refractivity contribution is -0.140. The van der Waals surface area contributed by atoms with E-state index in [1.165, 1.54) is 6.07 Å². The van der Waals surface area contributed by atoms with Crippen LogP contribution in [0.4, 0.5) is 4.39 Å². The van der Waals surface area contributed by atoms with Gasteiger partial charge >= 0.3 is 5.97 Å². The van der Waals surface area contributed by atoms with Crippen LogP contribution in [0.1, 0.15) is 43.9 Å². The molecule has 0 aliphatic heterocycles. The highest BCUT2D eigenvalue weighted by molar-refractivity contribution is 5.73. The van der Waals surface area contributed by atoms with Crippen molar-refractivity contribution in [1.82, 2.24) is 5.32 Å². The molecular formula is C15H20FNO2. The molecule has 0 saturated carbocycles. The van der Waals surface area contributed by atoms with Gasteiger partial charge in [0, 0.05) is 6.04 Å². The molecule has 0 fully saturated rings. The maximum atomic E-state index is 13.1. The fraction of sp³-hybridized carbons (Fsp3) is 0.533. The number of aliphatic carboxylic acids is 1. The molecule has 0 amide bonds. The summed E-state index contributed by atoms with van der Waals surface area (Å²) < 4.78 is 13.1. The molecule has 0 saturated heterocycles. The summed E-state index contributed by atoms with van der Waals surface area (Å²) in [6, 6.07) is 4.24. The molecule has 0 radical (unpaired) electrons. The third kappa shape index (κ3) is 3.32. The molecule has 19 heavy (non-hydrogen) atoms. The van der Waals surface area contributed by atoms with E-state index in [4.69, 9.17) is 0 Å². The van der Waals surface area contributed by atoms with Crippen molar-refractivity contribution in [3.05, 3.63) is 35.1 Å². The van der Waals surface area contributed by atoms with Crippen LogP contribution in [0.3, 0.4) is 0 Å². The minimum atomic E-state index is -0.815. The number of halogens is 1. The van der Waals surface area contributed by atoms with E-state index in [1.54, 1.807) is 12.1 Å². The van der Waals surface area contributed by atoms with Gasteiger partial charge in [-0.15, -0.1) is 0 Å². The van der Waals surface area contributed by atoms with E-state index in [0.717, 1.165) is 24.0 Å². The maximum absolute atomic E-state index is 13.1. The Morgan fingerprint density at radius 2 is 2.26 bits per heavy atom. The highest BCUT2D eigenvalue weighted by Crippen LogP contribution is 2.32. The molecular weight excluding hydrogens is 245 g/mol. The second-order valence-corrected chi connectivity index (χ2v) is 5.62. The smallest absolute Gasteiger partial charge is 0.320 e. The van der Waals surface area contributed by atoms with Gasteiger partial charge in [-0.2, -0.15) is 0 Å². The predicted molar refractivity (Wildman–Crippen MR) is 71.5 cm³/mol. The lowest BCUT2D eigenvalue weighted by Crippen LogP contribution is -2.39. The molecule has 1 aromatic rings. The number of benzene rings is 1. The molecule has 1 aliphatic rings. The molecule has 0 spiro atoms. The first kappa shape index (κ1) is 14.0. The first-order valence-corrected chi connectivity index (χ1v) is 6.74. The minimum absolute atomic E-state index is 0.0236.